The SMILES string of the molecule is C[C@H](NC(=O)COC(=O)c1ccc2ccccc2n1)c1ccccc1Br. The summed E-state index contributed by atoms with van der Waals surface area (Å²) in [7, 11) is 0. The van der Waals surface area contributed by atoms with Crippen molar-refractivity contribution in [1.29, 1.82) is 0 Å². The van der Waals surface area contributed by atoms with E-state index in [0.717, 1.165) is 15.4 Å². The summed E-state index contributed by atoms with van der Waals surface area (Å²) in [5.74, 6) is -0.998. The average Bonchev–Trinajstić information content (AvgIpc) is 2.66. The summed E-state index contributed by atoms with van der Waals surface area (Å²) in [6.45, 7) is 1.51. The first-order valence-electron chi connectivity index (χ1n) is 8.11. The van der Waals surface area contributed by atoms with Crippen LogP contribution in [0, 0.1) is 0 Å². The van der Waals surface area contributed by atoms with E-state index >= 15 is 0 Å². The van der Waals surface area contributed by atoms with Crippen molar-refractivity contribution < 1.29 is 14.3 Å². The van der Waals surface area contributed by atoms with Gasteiger partial charge < -0.3 is 10.1 Å². The van der Waals surface area contributed by atoms with Crippen molar-refractivity contribution in [3.63, 3.8) is 0 Å². The van der Waals surface area contributed by atoms with Gasteiger partial charge in [-0.05, 0) is 30.7 Å². The number of carbonyl (C=O) groups is 2. The van der Waals surface area contributed by atoms with Gasteiger partial charge in [0.15, 0.2) is 6.61 Å². The van der Waals surface area contributed by atoms with E-state index < -0.39 is 5.97 Å². The third kappa shape index (κ3) is 4.26. The highest BCUT2D eigenvalue weighted by Crippen LogP contribution is 2.22. The number of fused-ring (bicyclic) bond motifs is 1. The number of aromatic nitrogens is 1. The minimum Gasteiger partial charge on any atom is -0.451 e. The molecular formula is C20H17BrN2O3. The van der Waals surface area contributed by atoms with Crippen LogP contribution >= 0.6 is 15.9 Å². The molecule has 5 nitrogen and oxygen atoms in total. The van der Waals surface area contributed by atoms with Crippen LogP contribution < -0.4 is 5.32 Å². The maximum absolute atomic E-state index is 12.1. The number of carbonyl (C=O) groups excluding carboxylic acids is 2. The number of amides is 1. The number of pyridine rings is 1. The Morgan fingerprint density at radius 3 is 2.62 bits per heavy atom. The molecule has 6 heteroatoms. The normalized spacial score (nSPS) is 11.8. The Morgan fingerprint density at radius 1 is 1.08 bits per heavy atom. The largest absolute Gasteiger partial charge is 0.451 e. The maximum atomic E-state index is 12.1. The van der Waals surface area contributed by atoms with E-state index in [9.17, 15) is 9.59 Å². The van der Waals surface area contributed by atoms with Crippen molar-refractivity contribution >= 4 is 38.7 Å². The van der Waals surface area contributed by atoms with Crippen LogP contribution in [0.3, 0.4) is 0 Å². The van der Waals surface area contributed by atoms with Crippen LogP contribution in [0.2, 0.25) is 0 Å². The molecule has 1 atom stereocenters. The predicted molar refractivity (Wildman–Crippen MR) is 103 cm³/mol. The lowest BCUT2D eigenvalue weighted by atomic mass is 10.1. The average molecular weight is 413 g/mol. The van der Waals surface area contributed by atoms with Gasteiger partial charge in [0.1, 0.15) is 5.69 Å². The molecule has 0 aliphatic carbocycles. The van der Waals surface area contributed by atoms with Gasteiger partial charge in [0.25, 0.3) is 5.91 Å². The van der Waals surface area contributed by atoms with E-state index in [1.165, 1.54) is 0 Å². The molecule has 0 aliphatic rings. The molecule has 0 aliphatic heterocycles. The van der Waals surface area contributed by atoms with Crippen LogP contribution in [0.4, 0.5) is 0 Å². The van der Waals surface area contributed by atoms with Crippen LogP contribution in [0.5, 0.6) is 0 Å². The van der Waals surface area contributed by atoms with Gasteiger partial charge in [0, 0.05) is 9.86 Å². The number of esters is 1. The number of benzene rings is 2. The maximum Gasteiger partial charge on any atom is 0.357 e. The van der Waals surface area contributed by atoms with Gasteiger partial charge in [0.05, 0.1) is 11.6 Å². The Labute approximate surface area is 159 Å². The molecule has 0 radical (unpaired) electrons. The highest BCUT2D eigenvalue weighted by atomic mass is 79.9. The zero-order chi connectivity index (χ0) is 18.5. The van der Waals surface area contributed by atoms with E-state index in [-0.39, 0.29) is 24.2 Å². The first kappa shape index (κ1) is 18.1. The molecule has 1 heterocycles. The molecule has 1 aromatic heterocycles. The number of nitrogens with zero attached hydrogens (tertiary/aromatic N) is 1. The minimum absolute atomic E-state index is 0.176. The fourth-order valence-electron chi connectivity index (χ4n) is 2.57. The second-order valence-corrected chi connectivity index (χ2v) is 6.63. The Morgan fingerprint density at radius 2 is 1.81 bits per heavy atom. The zero-order valence-electron chi connectivity index (χ0n) is 14.1. The first-order valence-corrected chi connectivity index (χ1v) is 8.90. The van der Waals surface area contributed by atoms with Crippen LogP contribution in [0.25, 0.3) is 10.9 Å². The molecule has 0 spiro atoms. The lowest BCUT2D eigenvalue weighted by molar-refractivity contribution is -0.124. The molecule has 0 saturated heterocycles. The van der Waals surface area contributed by atoms with Crippen molar-refractivity contribution in [1.82, 2.24) is 10.3 Å². The number of hydrogen-bond acceptors (Lipinski definition) is 4. The number of para-hydroxylation sites is 1. The lowest BCUT2D eigenvalue weighted by Gasteiger charge is -2.15. The smallest absolute Gasteiger partial charge is 0.357 e. The Kier molecular flexibility index (Phi) is 5.63. The Hall–Kier alpha value is -2.73. The molecule has 3 rings (SSSR count). The molecule has 0 bridgehead atoms. The van der Waals surface area contributed by atoms with Crippen LogP contribution in [-0.2, 0) is 9.53 Å². The summed E-state index contributed by atoms with van der Waals surface area (Å²) >= 11 is 3.45. The second-order valence-electron chi connectivity index (χ2n) is 5.78. The van der Waals surface area contributed by atoms with E-state index in [0.29, 0.717) is 5.52 Å². The second kappa shape index (κ2) is 8.10. The van der Waals surface area contributed by atoms with Crippen LogP contribution in [0.15, 0.2) is 65.1 Å². The highest BCUT2D eigenvalue weighted by Gasteiger charge is 2.15. The quantitative estimate of drug-likeness (QED) is 0.642. The molecular weight excluding hydrogens is 396 g/mol. The third-order valence-electron chi connectivity index (χ3n) is 3.89. The fourth-order valence-corrected chi connectivity index (χ4v) is 3.20. The van der Waals surface area contributed by atoms with Gasteiger partial charge in [-0.3, -0.25) is 4.79 Å². The predicted octanol–water partition coefficient (Wildman–Crippen LogP) is 4.03. The van der Waals surface area contributed by atoms with Gasteiger partial charge in [0.2, 0.25) is 0 Å². The lowest BCUT2D eigenvalue weighted by Crippen LogP contribution is -2.31. The molecule has 1 amide bonds. The van der Waals surface area contributed by atoms with Crippen molar-refractivity contribution in [3.8, 4) is 0 Å². The molecule has 2 aromatic carbocycles. The van der Waals surface area contributed by atoms with E-state index in [4.69, 9.17) is 4.74 Å². The summed E-state index contributed by atoms with van der Waals surface area (Å²) < 4.78 is 5.99. The highest BCUT2D eigenvalue weighted by molar-refractivity contribution is 9.10. The van der Waals surface area contributed by atoms with Crippen LogP contribution in [-0.4, -0.2) is 23.5 Å². The Balaban J connectivity index is 1.58. The minimum atomic E-state index is -0.626. The van der Waals surface area contributed by atoms with Crippen molar-refractivity contribution in [3.05, 3.63) is 76.4 Å². The summed E-state index contributed by atoms with van der Waals surface area (Å²) in [5, 5.41) is 3.74. The molecule has 0 fully saturated rings. The molecule has 132 valence electrons. The number of hydrogen-bond donors (Lipinski definition) is 1. The summed E-state index contributed by atoms with van der Waals surface area (Å²) in [6.07, 6.45) is 0. The number of rotatable bonds is 5. The van der Waals surface area contributed by atoms with E-state index in [1.54, 1.807) is 12.1 Å². The van der Waals surface area contributed by atoms with E-state index in [1.807, 2.05) is 55.5 Å². The molecule has 3 aromatic rings. The van der Waals surface area contributed by atoms with Crippen LogP contribution in [0.1, 0.15) is 29.0 Å². The van der Waals surface area contributed by atoms with Gasteiger partial charge in [-0.2, -0.15) is 0 Å². The number of nitrogens with one attached hydrogen (secondary N) is 1. The first-order chi connectivity index (χ1) is 12.5. The summed E-state index contributed by atoms with van der Waals surface area (Å²) in [6, 6.07) is 18.3. The standard InChI is InChI=1S/C20H17BrN2O3/c1-13(15-7-3-4-8-16(15)21)22-19(24)12-26-20(25)18-11-10-14-6-2-5-9-17(14)23-18/h2-11,13H,12H2,1H3,(H,22,24)/t13-/m0/s1. The van der Waals surface area contributed by atoms with Crippen molar-refractivity contribution in [2.45, 2.75) is 13.0 Å². The molecule has 1 N–H and O–H groups in total. The van der Waals surface area contributed by atoms with Crippen molar-refractivity contribution in [2.24, 2.45) is 0 Å². The Bertz CT molecular complexity index is 958. The monoisotopic (exact) mass is 412 g/mol. The number of halogens is 1. The van der Waals surface area contributed by atoms with Gasteiger partial charge in [-0.1, -0.05) is 58.4 Å². The molecule has 0 saturated carbocycles. The third-order valence-corrected chi connectivity index (χ3v) is 4.61. The topological polar surface area (TPSA) is 68.3 Å². The van der Waals surface area contributed by atoms with Gasteiger partial charge >= 0.3 is 5.97 Å². The zero-order valence-corrected chi connectivity index (χ0v) is 15.7. The number of ether oxygens (including phenoxy) is 1. The van der Waals surface area contributed by atoms with Gasteiger partial charge in [-0.25, -0.2) is 9.78 Å². The van der Waals surface area contributed by atoms with Gasteiger partial charge in [-0.15, -0.1) is 0 Å². The molecule has 0 unspecified atom stereocenters. The fraction of sp³-hybridized carbons (Fsp3) is 0.150. The summed E-state index contributed by atoms with van der Waals surface area (Å²) in [4.78, 5) is 28.5. The molecule has 26 heavy (non-hydrogen) atoms. The van der Waals surface area contributed by atoms with E-state index in [2.05, 4.69) is 26.2 Å². The summed E-state index contributed by atoms with van der Waals surface area (Å²) in [5.41, 5.74) is 1.83. The van der Waals surface area contributed by atoms with Crippen molar-refractivity contribution in [2.75, 3.05) is 6.61 Å².